The van der Waals surface area contributed by atoms with Crippen LogP contribution >= 0.6 is 0 Å². The second-order valence-corrected chi connectivity index (χ2v) is 2.89. The number of hydrogen-bond donors (Lipinski definition) is 1. The number of nitrogens with one attached hydrogen (secondary N) is 1. The molecule has 78 valence electrons. The van der Waals surface area contributed by atoms with Gasteiger partial charge in [0.05, 0.1) is 13.2 Å². The number of ether oxygens (including phenoxy) is 1. The number of nitrogens with zero attached hydrogens (tertiary/aromatic N) is 1. The summed E-state index contributed by atoms with van der Waals surface area (Å²) < 4.78 is 5.35. The number of carbonyl (C=O) groups is 2. The first kappa shape index (κ1) is 10.9. The van der Waals surface area contributed by atoms with Crippen LogP contribution in [-0.4, -0.2) is 49.6 Å². The minimum Gasteiger partial charge on any atom is -0.356 e. The van der Waals surface area contributed by atoms with Gasteiger partial charge in [0.2, 0.25) is 5.91 Å². The highest BCUT2D eigenvalue weighted by Gasteiger charge is 2.23. The average Bonchev–Trinajstić information content (AvgIpc) is 2.26. The summed E-state index contributed by atoms with van der Waals surface area (Å²) in [6, 6.07) is 0. The summed E-state index contributed by atoms with van der Waals surface area (Å²) in [7, 11) is 0. The lowest BCUT2D eigenvalue weighted by atomic mass is 10.3. The van der Waals surface area contributed by atoms with E-state index >= 15 is 0 Å². The molecule has 0 aliphatic carbocycles. The number of aldehydes is 1. The van der Waals surface area contributed by atoms with Crippen molar-refractivity contribution in [3.63, 3.8) is 0 Å². The predicted molar refractivity (Wildman–Crippen MR) is 50.6 cm³/mol. The molecule has 0 aromatic rings. The summed E-state index contributed by atoms with van der Waals surface area (Å²) in [5, 5.41) is 3.08. The topological polar surface area (TPSA) is 58.6 Å². The normalized spacial score (nSPS) is 21.3. The number of morpholine rings is 1. The Labute approximate surface area is 82.7 Å². The van der Waals surface area contributed by atoms with Gasteiger partial charge in [-0.1, -0.05) is 6.58 Å². The maximum absolute atomic E-state index is 11.3. The van der Waals surface area contributed by atoms with Crippen molar-refractivity contribution < 1.29 is 14.3 Å². The predicted octanol–water partition coefficient (Wildman–Crippen LogP) is -0.854. The highest BCUT2D eigenvalue weighted by atomic mass is 16.5. The van der Waals surface area contributed by atoms with Crippen molar-refractivity contribution in [2.24, 2.45) is 0 Å². The summed E-state index contributed by atoms with van der Waals surface area (Å²) in [6.07, 6.45) is 1.50. The van der Waals surface area contributed by atoms with Gasteiger partial charge < -0.3 is 19.7 Å². The molecule has 14 heavy (non-hydrogen) atoms. The zero-order chi connectivity index (χ0) is 10.4. The van der Waals surface area contributed by atoms with Gasteiger partial charge in [-0.2, -0.15) is 0 Å². The standard InChI is InChI=1S/C9H14N2O3/c1-2-8(13)11(4-5-12)9-7-10-3-6-14-9/h2,5,9-10H,1,3-4,6-7H2. The van der Waals surface area contributed by atoms with Gasteiger partial charge in [-0.3, -0.25) is 4.79 Å². The van der Waals surface area contributed by atoms with Crippen LogP contribution in [-0.2, 0) is 14.3 Å². The van der Waals surface area contributed by atoms with Crippen LogP contribution < -0.4 is 5.32 Å². The summed E-state index contributed by atoms with van der Waals surface area (Å²) in [5.74, 6) is -0.286. The molecule has 1 heterocycles. The highest BCUT2D eigenvalue weighted by Crippen LogP contribution is 2.04. The van der Waals surface area contributed by atoms with Crippen molar-refractivity contribution in [2.75, 3.05) is 26.2 Å². The molecule has 0 bridgehead atoms. The van der Waals surface area contributed by atoms with E-state index in [1.165, 1.54) is 11.0 Å². The fourth-order valence-electron chi connectivity index (χ4n) is 1.30. The molecule has 1 aliphatic heterocycles. The minimum atomic E-state index is -0.362. The molecule has 1 N–H and O–H groups in total. The average molecular weight is 198 g/mol. The lowest BCUT2D eigenvalue weighted by Gasteiger charge is -2.32. The first-order valence-corrected chi connectivity index (χ1v) is 4.48. The monoisotopic (exact) mass is 198 g/mol. The van der Waals surface area contributed by atoms with Gasteiger partial charge in [0.1, 0.15) is 12.5 Å². The summed E-state index contributed by atoms with van der Waals surface area (Å²) in [6.45, 7) is 5.28. The first-order chi connectivity index (χ1) is 6.79. The second kappa shape index (κ2) is 5.51. The molecule has 5 heteroatoms. The maximum Gasteiger partial charge on any atom is 0.248 e. The van der Waals surface area contributed by atoms with Crippen LogP contribution in [0.5, 0.6) is 0 Å². The van der Waals surface area contributed by atoms with E-state index < -0.39 is 0 Å². The van der Waals surface area contributed by atoms with Gasteiger partial charge in [0.15, 0.2) is 0 Å². The zero-order valence-corrected chi connectivity index (χ0v) is 7.94. The number of carbonyl (C=O) groups excluding carboxylic acids is 2. The Morgan fingerprint density at radius 2 is 2.50 bits per heavy atom. The van der Waals surface area contributed by atoms with Crippen LogP contribution in [0.3, 0.4) is 0 Å². The van der Waals surface area contributed by atoms with Crippen molar-refractivity contribution in [2.45, 2.75) is 6.23 Å². The molecular formula is C9H14N2O3. The van der Waals surface area contributed by atoms with Crippen LogP contribution in [0.2, 0.25) is 0 Å². The van der Waals surface area contributed by atoms with Crippen LogP contribution in [0, 0.1) is 0 Å². The van der Waals surface area contributed by atoms with Gasteiger partial charge in [-0.05, 0) is 6.08 Å². The van der Waals surface area contributed by atoms with Gasteiger partial charge in [0.25, 0.3) is 0 Å². The van der Waals surface area contributed by atoms with E-state index in [0.717, 1.165) is 6.54 Å². The Kier molecular flexibility index (Phi) is 4.28. The lowest BCUT2D eigenvalue weighted by Crippen LogP contribution is -2.51. The van der Waals surface area contributed by atoms with Crippen LogP contribution in [0.15, 0.2) is 12.7 Å². The number of rotatable bonds is 4. The third-order valence-corrected chi connectivity index (χ3v) is 1.98. The van der Waals surface area contributed by atoms with E-state index in [1.807, 2.05) is 0 Å². The molecule has 1 fully saturated rings. The molecule has 1 saturated heterocycles. The fourth-order valence-corrected chi connectivity index (χ4v) is 1.30. The van der Waals surface area contributed by atoms with Crippen LogP contribution in [0.1, 0.15) is 0 Å². The molecule has 1 atom stereocenters. The van der Waals surface area contributed by atoms with Crippen molar-refractivity contribution >= 4 is 12.2 Å². The fraction of sp³-hybridized carbons (Fsp3) is 0.556. The van der Waals surface area contributed by atoms with E-state index in [-0.39, 0.29) is 18.7 Å². The Bertz CT molecular complexity index is 224. The SMILES string of the molecule is C=CC(=O)N(CC=O)C1CNCCO1. The first-order valence-electron chi connectivity index (χ1n) is 4.48. The Morgan fingerprint density at radius 3 is 3.00 bits per heavy atom. The quantitative estimate of drug-likeness (QED) is 0.472. The number of hydrogen-bond acceptors (Lipinski definition) is 4. The largest absolute Gasteiger partial charge is 0.356 e. The van der Waals surface area contributed by atoms with Crippen molar-refractivity contribution in [1.29, 1.82) is 0 Å². The van der Waals surface area contributed by atoms with E-state index in [4.69, 9.17) is 4.74 Å². The summed E-state index contributed by atoms with van der Waals surface area (Å²) in [4.78, 5) is 23.1. The maximum atomic E-state index is 11.3. The van der Waals surface area contributed by atoms with Gasteiger partial charge >= 0.3 is 0 Å². The van der Waals surface area contributed by atoms with Crippen molar-refractivity contribution in [1.82, 2.24) is 10.2 Å². The highest BCUT2D eigenvalue weighted by molar-refractivity contribution is 5.88. The smallest absolute Gasteiger partial charge is 0.248 e. The number of amides is 1. The molecule has 1 rings (SSSR count). The Hall–Kier alpha value is -1.20. The second-order valence-electron chi connectivity index (χ2n) is 2.89. The third-order valence-electron chi connectivity index (χ3n) is 1.98. The molecule has 1 unspecified atom stereocenters. The van der Waals surface area contributed by atoms with E-state index in [1.54, 1.807) is 0 Å². The van der Waals surface area contributed by atoms with Gasteiger partial charge in [0, 0.05) is 13.1 Å². The molecule has 0 saturated carbocycles. The lowest BCUT2D eigenvalue weighted by molar-refractivity contribution is -0.145. The van der Waals surface area contributed by atoms with E-state index in [2.05, 4.69) is 11.9 Å². The van der Waals surface area contributed by atoms with Crippen molar-refractivity contribution in [3.05, 3.63) is 12.7 Å². The minimum absolute atomic E-state index is 0.0389. The molecule has 1 amide bonds. The molecule has 0 aromatic heterocycles. The molecule has 0 spiro atoms. The van der Waals surface area contributed by atoms with E-state index in [0.29, 0.717) is 19.4 Å². The Balaban J connectivity index is 2.59. The summed E-state index contributed by atoms with van der Waals surface area (Å²) >= 11 is 0. The third kappa shape index (κ3) is 2.65. The molecule has 5 nitrogen and oxygen atoms in total. The van der Waals surface area contributed by atoms with Crippen LogP contribution in [0.25, 0.3) is 0 Å². The van der Waals surface area contributed by atoms with Gasteiger partial charge in [-0.15, -0.1) is 0 Å². The van der Waals surface area contributed by atoms with Crippen LogP contribution in [0.4, 0.5) is 0 Å². The summed E-state index contributed by atoms with van der Waals surface area (Å²) in [5.41, 5.74) is 0. The van der Waals surface area contributed by atoms with Gasteiger partial charge in [-0.25, -0.2) is 0 Å². The molecule has 1 aliphatic rings. The molecule has 0 radical (unpaired) electrons. The van der Waals surface area contributed by atoms with Crippen molar-refractivity contribution in [3.8, 4) is 0 Å². The van der Waals surface area contributed by atoms with E-state index in [9.17, 15) is 9.59 Å². The Morgan fingerprint density at radius 1 is 1.71 bits per heavy atom. The zero-order valence-electron chi connectivity index (χ0n) is 7.94. The molecule has 0 aromatic carbocycles. The molecular weight excluding hydrogens is 184 g/mol.